The average molecular weight is 413 g/mol. The molecule has 0 radical (unpaired) electrons. The van der Waals surface area contributed by atoms with Crippen LogP contribution in [0.15, 0.2) is 42.5 Å². The first-order valence-electron chi connectivity index (χ1n) is 8.63. The molecule has 1 N–H and O–H groups in total. The lowest BCUT2D eigenvalue weighted by atomic mass is 9.71. The summed E-state index contributed by atoms with van der Waals surface area (Å²) in [6.45, 7) is 0.416. The van der Waals surface area contributed by atoms with E-state index in [0.717, 1.165) is 24.8 Å². The van der Waals surface area contributed by atoms with Crippen LogP contribution >= 0.6 is 34.8 Å². The van der Waals surface area contributed by atoms with Gasteiger partial charge >= 0.3 is 0 Å². The Morgan fingerprint density at radius 1 is 1.08 bits per heavy atom. The van der Waals surface area contributed by atoms with Gasteiger partial charge in [0.05, 0.1) is 17.2 Å². The molecule has 2 aromatic carbocycles. The van der Waals surface area contributed by atoms with Gasteiger partial charge in [0.25, 0.3) is 0 Å². The topological polar surface area (TPSA) is 38.3 Å². The van der Waals surface area contributed by atoms with Gasteiger partial charge < -0.3 is 10.1 Å². The lowest BCUT2D eigenvalue weighted by Crippen LogP contribution is -2.50. The summed E-state index contributed by atoms with van der Waals surface area (Å²) in [6, 6.07) is 12.8. The predicted molar refractivity (Wildman–Crippen MR) is 106 cm³/mol. The summed E-state index contributed by atoms with van der Waals surface area (Å²) in [7, 11) is 0. The maximum atomic E-state index is 12.4. The van der Waals surface area contributed by atoms with Crippen molar-refractivity contribution >= 4 is 40.7 Å². The molecular weight excluding hydrogens is 393 g/mol. The van der Waals surface area contributed by atoms with E-state index in [0.29, 0.717) is 40.3 Å². The Hall–Kier alpha value is -1.42. The van der Waals surface area contributed by atoms with Gasteiger partial charge in [0.2, 0.25) is 5.91 Å². The fourth-order valence-electron chi connectivity index (χ4n) is 3.14. The molecule has 0 aromatic heterocycles. The van der Waals surface area contributed by atoms with E-state index in [9.17, 15) is 4.79 Å². The number of halogens is 3. The molecule has 2 aromatic rings. The van der Waals surface area contributed by atoms with Crippen molar-refractivity contribution in [2.24, 2.45) is 0 Å². The van der Waals surface area contributed by atoms with E-state index in [1.54, 1.807) is 18.2 Å². The van der Waals surface area contributed by atoms with Crippen molar-refractivity contribution in [3.05, 3.63) is 63.1 Å². The first-order chi connectivity index (χ1) is 12.5. The third kappa shape index (κ3) is 4.64. The number of amides is 1. The Labute approximate surface area is 168 Å². The SMILES string of the molecule is O=C(CCCOc1ccc(Cl)cc1Cl)NC1(c2cccc(Cl)c2)CCC1. The maximum absolute atomic E-state index is 12.4. The van der Waals surface area contributed by atoms with E-state index >= 15 is 0 Å². The Morgan fingerprint density at radius 2 is 1.85 bits per heavy atom. The summed E-state index contributed by atoms with van der Waals surface area (Å²) in [5, 5.41) is 4.92. The molecule has 3 nitrogen and oxygen atoms in total. The van der Waals surface area contributed by atoms with E-state index in [1.165, 1.54) is 0 Å². The summed E-state index contributed by atoms with van der Waals surface area (Å²) >= 11 is 18.0. The normalized spacial score (nSPS) is 15.2. The maximum Gasteiger partial charge on any atom is 0.220 e. The van der Waals surface area contributed by atoms with Crippen molar-refractivity contribution in [1.29, 1.82) is 0 Å². The second-order valence-electron chi connectivity index (χ2n) is 6.52. The van der Waals surface area contributed by atoms with Crippen LogP contribution in [-0.4, -0.2) is 12.5 Å². The highest BCUT2D eigenvalue weighted by atomic mass is 35.5. The van der Waals surface area contributed by atoms with Crippen LogP contribution in [0.3, 0.4) is 0 Å². The quantitative estimate of drug-likeness (QED) is 0.566. The molecule has 0 bridgehead atoms. The molecule has 1 fully saturated rings. The van der Waals surface area contributed by atoms with Gasteiger partial charge in [-0.15, -0.1) is 0 Å². The molecule has 1 saturated carbocycles. The standard InChI is InChI=1S/C20H20Cl3NO2/c21-15-5-1-4-14(12-15)20(9-3-10-20)24-19(25)6-2-11-26-18-8-7-16(22)13-17(18)23/h1,4-5,7-8,12-13H,2-3,6,9-11H2,(H,24,25). The highest BCUT2D eigenvalue weighted by Gasteiger charge is 2.39. The number of hydrogen-bond donors (Lipinski definition) is 1. The molecular formula is C20H20Cl3NO2. The van der Waals surface area contributed by atoms with Crippen molar-refractivity contribution < 1.29 is 9.53 Å². The average Bonchev–Trinajstić information content (AvgIpc) is 2.56. The molecule has 1 amide bonds. The highest BCUT2D eigenvalue weighted by molar-refractivity contribution is 6.35. The third-order valence-corrected chi connectivity index (χ3v) is 5.43. The molecule has 26 heavy (non-hydrogen) atoms. The first kappa shape index (κ1) is 19.3. The molecule has 0 unspecified atom stereocenters. The summed E-state index contributed by atoms with van der Waals surface area (Å²) in [5.74, 6) is 0.598. The van der Waals surface area contributed by atoms with Crippen LogP contribution in [-0.2, 0) is 10.3 Å². The van der Waals surface area contributed by atoms with Crippen molar-refractivity contribution in [2.75, 3.05) is 6.61 Å². The van der Waals surface area contributed by atoms with Gasteiger partial charge in [0.15, 0.2) is 0 Å². The fourth-order valence-corrected chi connectivity index (χ4v) is 3.79. The van der Waals surface area contributed by atoms with Gasteiger partial charge in [0.1, 0.15) is 5.75 Å². The second kappa shape index (κ2) is 8.51. The molecule has 0 saturated heterocycles. The first-order valence-corrected chi connectivity index (χ1v) is 9.77. The van der Waals surface area contributed by atoms with Crippen molar-refractivity contribution in [1.82, 2.24) is 5.32 Å². The number of nitrogens with one attached hydrogen (secondary N) is 1. The van der Waals surface area contributed by atoms with Crippen LogP contribution in [0.2, 0.25) is 15.1 Å². The van der Waals surface area contributed by atoms with Crippen molar-refractivity contribution in [3.8, 4) is 5.75 Å². The molecule has 0 heterocycles. The van der Waals surface area contributed by atoms with Gasteiger partial charge in [-0.1, -0.05) is 46.9 Å². The summed E-state index contributed by atoms with van der Waals surface area (Å²) in [5.41, 5.74) is 0.802. The Morgan fingerprint density at radius 3 is 2.50 bits per heavy atom. The molecule has 1 aliphatic carbocycles. The Balaban J connectivity index is 1.49. The number of rotatable bonds is 7. The fraction of sp³-hybridized carbons (Fsp3) is 0.350. The number of carbonyl (C=O) groups is 1. The van der Waals surface area contributed by atoms with Crippen LogP contribution < -0.4 is 10.1 Å². The molecule has 0 spiro atoms. The summed E-state index contributed by atoms with van der Waals surface area (Å²) in [6.07, 6.45) is 3.99. The molecule has 3 rings (SSSR count). The Bertz CT molecular complexity index is 790. The van der Waals surface area contributed by atoms with E-state index in [-0.39, 0.29) is 11.4 Å². The van der Waals surface area contributed by atoms with Crippen LogP contribution in [0.1, 0.15) is 37.7 Å². The smallest absolute Gasteiger partial charge is 0.220 e. The van der Waals surface area contributed by atoms with E-state index in [4.69, 9.17) is 39.5 Å². The number of ether oxygens (including phenoxy) is 1. The zero-order valence-electron chi connectivity index (χ0n) is 14.2. The van der Waals surface area contributed by atoms with Crippen LogP contribution in [0.5, 0.6) is 5.75 Å². The van der Waals surface area contributed by atoms with Crippen molar-refractivity contribution in [2.45, 2.75) is 37.6 Å². The molecule has 0 aliphatic heterocycles. The minimum Gasteiger partial charge on any atom is -0.492 e. The van der Waals surface area contributed by atoms with Gasteiger partial charge in [-0.25, -0.2) is 0 Å². The van der Waals surface area contributed by atoms with Crippen molar-refractivity contribution in [3.63, 3.8) is 0 Å². The van der Waals surface area contributed by atoms with Gasteiger partial charge in [0, 0.05) is 16.5 Å². The lowest BCUT2D eigenvalue weighted by Gasteiger charge is -2.43. The van der Waals surface area contributed by atoms with Gasteiger partial charge in [-0.3, -0.25) is 4.79 Å². The number of carbonyl (C=O) groups excluding carboxylic acids is 1. The second-order valence-corrected chi connectivity index (χ2v) is 7.80. The van der Waals surface area contributed by atoms with E-state index in [1.807, 2.05) is 24.3 Å². The largest absolute Gasteiger partial charge is 0.492 e. The van der Waals surface area contributed by atoms with E-state index in [2.05, 4.69) is 5.32 Å². The van der Waals surface area contributed by atoms with Crippen LogP contribution in [0, 0.1) is 0 Å². The highest BCUT2D eigenvalue weighted by Crippen LogP contribution is 2.42. The van der Waals surface area contributed by atoms with Crippen LogP contribution in [0.4, 0.5) is 0 Å². The molecule has 1 aliphatic rings. The number of benzene rings is 2. The zero-order chi connectivity index (χ0) is 18.6. The van der Waals surface area contributed by atoms with Gasteiger partial charge in [-0.2, -0.15) is 0 Å². The van der Waals surface area contributed by atoms with Gasteiger partial charge in [-0.05, 0) is 61.6 Å². The predicted octanol–water partition coefficient (Wildman–Crippen LogP) is 6.00. The molecule has 6 heteroatoms. The zero-order valence-corrected chi connectivity index (χ0v) is 16.5. The summed E-state index contributed by atoms with van der Waals surface area (Å²) in [4.78, 5) is 12.4. The Kier molecular flexibility index (Phi) is 6.33. The molecule has 138 valence electrons. The van der Waals surface area contributed by atoms with E-state index < -0.39 is 0 Å². The summed E-state index contributed by atoms with van der Waals surface area (Å²) < 4.78 is 5.62. The molecule has 0 atom stereocenters. The lowest BCUT2D eigenvalue weighted by molar-refractivity contribution is -0.124. The minimum absolute atomic E-state index is 0.0236. The number of hydrogen-bond acceptors (Lipinski definition) is 2. The minimum atomic E-state index is -0.275. The third-order valence-electron chi connectivity index (χ3n) is 4.66. The van der Waals surface area contributed by atoms with Crippen LogP contribution in [0.25, 0.3) is 0 Å². The monoisotopic (exact) mass is 411 g/mol.